The highest BCUT2D eigenvalue weighted by Gasteiger charge is 1.29. The number of allylic oxidation sites excluding steroid dienone is 2. The van der Waals surface area contributed by atoms with Crippen molar-refractivity contribution in [3.8, 4) is 0 Å². The smallest absolute Gasteiger partial charge is 0.0102 e. The van der Waals surface area contributed by atoms with E-state index in [4.69, 9.17) is 0 Å². The van der Waals surface area contributed by atoms with Gasteiger partial charge in [0.15, 0.2) is 0 Å². The van der Waals surface area contributed by atoms with Crippen LogP contribution in [0.3, 0.4) is 0 Å². The molecular formula is C9H22N2. The summed E-state index contributed by atoms with van der Waals surface area (Å²) in [6.07, 6.45) is 3.28. The Morgan fingerprint density at radius 1 is 1.00 bits per heavy atom. The molecule has 0 aliphatic rings. The van der Waals surface area contributed by atoms with E-state index in [-0.39, 0.29) is 0 Å². The Hall–Kier alpha value is -1.05. The molecule has 0 atom stereocenters. The molecule has 0 amide bonds. The molecule has 11 heavy (non-hydrogen) atoms. The second kappa shape index (κ2) is 149. The lowest BCUT2D eigenvalue weighted by Crippen LogP contribution is -1.68. The maximum absolute atomic E-state index is 4.36. The van der Waals surface area contributed by atoms with Gasteiger partial charge in [0.1, 0.15) is 0 Å². The first-order valence-electron chi connectivity index (χ1n) is 3.72. The minimum atomic E-state index is 1.64. The topological polar surface area (TPSA) is 38.4 Å². The van der Waals surface area contributed by atoms with Gasteiger partial charge in [-0.3, -0.25) is 0 Å². The van der Waals surface area contributed by atoms with Crippen molar-refractivity contribution in [2.75, 3.05) is 0 Å². The summed E-state index contributed by atoms with van der Waals surface area (Å²) in [7, 11) is 0. The first-order valence-corrected chi connectivity index (χ1v) is 3.72. The first-order chi connectivity index (χ1) is 5.33. The third kappa shape index (κ3) is 173000. The van der Waals surface area contributed by atoms with Gasteiger partial charge in [-0.25, -0.2) is 0 Å². The predicted molar refractivity (Wildman–Crippen MR) is 56.8 cm³/mol. The molecule has 0 aliphatic heterocycles. The van der Waals surface area contributed by atoms with Crippen LogP contribution in [0.2, 0.25) is 0 Å². The average Bonchev–Trinajstić information content (AvgIpc) is 2.12. The van der Waals surface area contributed by atoms with Gasteiger partial charge < -0.3 is 5.84 Å². The second-order valence-corrected chi connectivity index (χ2v) is 0.654. The molecule has 0 rings (SSSR count). The van der Waals surface area contributed by atoms with E-state index in [0.29, 0.717) is 0 Å². The highest BCUT2D eigenvalue weighted by molar-refractivity contribution is 5.21. The van der Waals surface area contributed by atoms with E-state index in [2.05, 4.69) is 30.8 Å². The number of nitrogens with zero attached hydrogens (tertiary/aromatic N) is 1. The molecule has 2 nitrogen and oxygen atoms in total. The van der Waals surface area contributed by atoms with Crippen LogP contribution in [0.25, 0.3) is 0 Å². The molecule has 0 bridgehead atoms. The highest BCUT2D eigenvalue weighted by Crippen LogP contribution is 1.52. The van der Waals surface area contributed by atoms with Gasteiger partial charge in [0, 0.05) is 6.72 Å². The highest BCUT2D eigenvalue weighted by atomic mass is 15.1. The Morgan fingerprint density at radius 3 is 1.09 bits per heavy atom. The van der Waals surface area contributed by atoms with Gasteiger partial charge in [-0.15, -0.1) is 0 Å². The van der Waals surface area contributed by atoms with Crippen molar-refractivity contribution in [3.63, 3.8) is 0 Å². The molecule has 0 saturated heterocycles. The van der Waals surface area contributed by atoms with Gasteiger partial charge >= 0.3 is 0 Å². The van der Waals surface area contributed by atoms with Gasteiger partial charge in [-0.2, -0.15) is 5.10 Å². The van der Waals surface area contributed by atoms with E-state index in [1.165, 1.54) is 0 Å². The third-order valence-electron chi connectivity index (χ3n) is 0.167. The first kappa shape index (κ1) is 22.5. The van der Waals surface area contributed by atoms with Crippen LogP contribution in [0.1, 0.15) is 27.7 Å². The standard InChI is InChI=1S/C4H6.2C2H6.CH4N2/c1-3-4-2;2*1-2;1-3-2/h3-4H,1-2H2;2*1-2H3;1-2H2. The Balaban J connectivity index is -0.0000000315. The van der Waals surface area contributed by atoms with Crippen molar-refractivity contribution >= 4 is 6.72 Å². The second-order valence-electron chi connectivity index (χ2n) is 0.654. The SMILES string of the molecule is C=CC=C.C=NN.CC.CC. The Kier molecular flexibility index (Phi) is 304. The van der Waals surface area contributed by atoms with Gasteiger partial charge in [0.25, 0.3) is 0 Å². The largest absolute Gasteiger partial charge is 0.324 e. The van der Waals surface area contributed by atoms with E-state index in [0.717, 1.165) is 0 Å². The molecular weight excluding hydrogens is 136 g/mol. The number of rotatable bonds is 1. The van der Waals surface area contributed by atoms with Crippen molar-refractivity contribution < 1.29 is 0 Å². The van der Waals surface area contributed by atoms with Crippen LogP contribution in [-0.4, -0.2) is 6.72 Å². The molecule has 0 fully saturated rings. The number of hydrogen-bond acceptors (Lipinski definition) is 2. The molecule has 0 spiro atoms. The normalized spacial score (nSPS) is 4.00. The summed E-state index contributed by atoms with van der Waals surface area (Å²) in [6.45, 7) is 17.6. The zero-order chi connectivity index (χ0) is 10.1. The van der Waals surface area contributed by atoms with E-state index in [1.807, 2.05) is 27.7 Å². The summed E-state index contributed by atoms with van der Waals surface area (Å²) in [6, 6.07) is 0. The molecule has 0 radical (unpaired) electrons. The van der Waals surface area contributed by atoms with Crippen LogP contribution >= 0.6 is 0 Å². The van der Waals surface area contributed by atoms with E-state index in [9.17, 15) is 0 Å². The molecule has 68 valence electrons. The molecule has 0 unspecified atom stereocenters. The van der Waals surface area contributed by atoms with Crippen LogP contribution in [-0.2, 0) is 0 Å². The molecule has 0 heterocycles. The van der Waals surface area contributed by atoms with E-state index in [1.54, 1.807) is 12.2 Å². The number of nitrogens with two attached hydrogens (primary N) is 1. The molecule has 0 aromatic rings. The quantitative estimate of drug-likeness (QED) is 0.271. The van der Waals surface area contributed by atoms with Gasteiger partial charge in [0.05, 0.1) is 0 Å². The average molecular weight is 158 g/mol. The Bertz CT molecular complexity index is 52.6. The van der Waals surface area contributed by atoms with E-state index >= 15 is 0 Å². The maximum Gasteiger partial charge on any atom is 0.0102 e. The number of hydrazone groups is 1. The van der Waals surface area contributed by atoms with Gasteiger partial charge in [0.2, 0.25) is 0 Å². The summed E-state index contributed by atoms with van der Waals surface area (Å²) < 4.78 is 0. The summed E-state index contributed by atoms with van der Waals surface area (Å²) in [5.41, 5.74) is 0. The van der Waals surface area contributed by atoms with E-state index < -0.39 is 0 Å². The molecule has 0 aliphatic carbocycles. The Morgan fingerprint density at radius 2 is 1.09 bits per heavy atom. The lowest BCUT2D eigenvalue weighted by atomic mass is 10.6. The van der Waals surface area contributed by atoms with Gasteiger partial charge in [-0.05, 0) is 0 Å². The van der Waals surface area contributed by atoms with Crippen LogP contribution < -0.4 is 5.84 Å². The van der Waals surface area contributed by atoms with Crippen LogP contribution in [0.15, 0.2) is 30.4 Å². The predicted octanol–water partition coefficient (Wildman–Crippen LogP) is 2.97. The van der Waals surface area contributed by atoms with Crippen molar-refractivity contribution in [1.82, 2.24) is 0 Å². The monoisotopic (exact) mass is 158 g/mol. The zero-order valence-corrected chi connectivity index (χ0v) is 8.30. The van der Waals surface area contributed by atoms with Crippen LogP contribution in [0, 0.1) is 0 Å². The minimum absolute atomic E-state index is 1.64. The lowest BCUT2D eigenvalue weighted by molar-refractivity contribution is 1.28. The fourth-order valence-corrected chi connectivity index (χ4v) is 0. The Labute approximate surface area is 71.5 Å². The fourth-order valence-electron chi connectivity index (χ4n) is 0. The molecule has 0 aromatic carbocycles. The summed E-state index contributed by atoms with van der Waals surface area (Å²) in [4.78, 5) is 0. The third-order valence-corrected chi connectivity index (χ3v) is 0.167. The summed E-state index contributed by atoms with van der Waals surface area (Å²) in [5.74, 6) is 4.36. The van der Waals surface area contributed by atoms with Crippen LogP contribution in [0.5, 0.6) is 0 Å². The van der Waals surface area contributed by atoms with Crippen LogP contribution in [0.4, 0.5) is 0 Å². The lowest BCUT2D eigenvalue weighted by Gasteiger charge is -1.44. The molecule has 2 N–H and O–H groups in total. The molecule has 2 heteroatoms. The summed E-state index contributed by atoms with van der Waals surface area (Å²) >= 11 is 0. The van der Waals surface area contributed by atoms with Gasteiger partial charge in [-0.1, -0.05) is 53.0 Å². The summed E-state index contributed by atoms with van der Waals surface area (Å²) in [5, 5.41) is 2.75. The minimum Gasteiger partial charge on any atom is -0.324 e. The molecule has 0 aromatic heterocycles. The fraction of sp³-hybridized carbons (Fsp3) is 0.444. The molecule has 0 saturated carbocycles. The van der Waals surface area contributed by atoms with Crippen molar-refractivity contribution in [2.45, 2.75) is 27.7 Å². The number of hydrogen-bond donors (Lipinski definition) is 1. The van der Waals surface area contributed by atoms with Crippen molar-refractivity contribution in [1.29, 1.82) is 0 Å². The van der Waals surface area contributed by atoms with Crippen molar-refractivity contribution in [2.24, 2.45) is 10.9 Å². The maximum atomic E-state index is 4.36. The van der Waals surface area contributed by atoms with Crippen molar-refractivity contribution in [3.05, 3.63) is 25.3 Å². The zero-order valence-electron chi connectivity index (χ0n) is 8.30.